The summed E-state index contributed by atoms with van der Waals surface area (Å²) in [6.07, 6.45) is 8.09. The number of phenolic OH excluding ortho intramolecular Hbond substituents is 1. The molecule has 4 aromatic carbocycles. The lowest BCUT2D eigenvalue weighted by Crippen LogP contribution is -2.46. The zero-order chi connectivity index (χ0) is 33.3. The number of rotatable bonds is 0. The predicted octanol–water partition coefficient (Wildman–Crippen LogP) is 10.2. The summed E-state index contributed by atoms with van der Waals surface area (Å²) in [4.78, 5) is 0. The molecule has 49 heavy (non-hydrogen) atoms. The molecule has 4 aromatic rings. The normalized spacial score (nSPS) is 26.4. The van der Waals surface area contributed by atoms with Crippen molar-refractivity contribution in [2.75, 3.05) is 0 Å². The zero-order valence-electron chi connectivity index (χ0n) is 28.6. The molecule has 1 saturated carbocycles. The number of phenols is 1. The van der Waals surface area contributed by atoms with Crippen LogP contribution in [0.1, 0.15) is 75.1 Å². The fourth-order valence-electron chi connectivity index (χ4n) is 9.24. The van der Waals surface area contributed by atoms with E-state index in [1.165, 1.54) is 30.4 Å². The van der Waals surface area contributed by atoms with Crippen LogP contribution in [0.25, 0.3) is 0 Å². The van der Waals surface area contributed by atoms with Crippen molar-refractivity contribution in [1.82, 2.24) is 0 Å². The third kappa shape index (κ3) is 5.50. The highest BCUT2D eigenvalue weighted by Crippen LogP contribution is 2.62. The summed E-state index contributed by atoms with van der Waals surface area (Å²) in [7, 11) is 0. The summed E-state index contributed by atoms with van der Waals surface area (Å²) in [5.41, 5.74) is 6.29. The summed E-state index contributed by atoms with van der Waals surface area (Å²) in [5, 5.41) is 10.5. The van der Waals surface area contributed by atoms with Gasteiger partial charge in [-0.3, -0.25) is 0 Å². The highest BCUT2D eigenvalue weighted by Gasteiger charge is 2.55. The quantitative estimate of drug-likeness (QED) is 0.203. The molecular weight excluding hydrogens is 612 g/mol. The van der Waals surface area contributed by atoms with Crippen LogP contribution >= 0.6 is 0 Å². The molecule has 1 fully saturated rings. The minimum Gasteiger partial charge on any atom is -0.504 e. The minimum absolute atomic E-state index is 0.128. The molecule has 6 nitrogen and oxygen atoms in total. The Balaban J connectivity index is 1.07. The first kappa shape index (κ1) is 30.5. The molecule has 4 atom stereocenters. The van der Waals surface area contributed by atoms with E-state index in [1.54, 1.807) is 6.07 Å². The van der Waals surface area contributed by atoms with Gasteiger partial charge in [-0.25, -0.2) is 0 Å². The third-order valence-corrected chi connectivity index (χ3v) is 11.9. The molecular formula is C43H44O6. The molecule has 0 saturated heterocycles. The smallest absolute Gasteiger partial charge is 0.281 e. The van der Waals surface area contributed by atoms with Gasteiger partial charge < -0.3 is 28.8 Å². The molecule has 6 heteroatoms. The van der Waals surface area contributed by atoms with Crippen molar-refractivity contribution in [3.05, 3.63) is 112 Å². The molecule has 4 unspecified atom stereocenters. The first-order chi connectivity index (χ1) is 23.7. The Kier molecular flexibility index (Phi) is 7.15. The lowest BCUT2D eigenvalue weighted by atomic mass is 9.51. The number of fused-ring (bicyclic) bond motifs is 3. The van der Waals surface area contributed by atoms with Crippen molar-refractivity contribution in [3.63, 3.8) is 0 Å². The summed E-state index contributed by atoms with van der Waals surface area (Å²) >= 11 is 0. The van der Waals surface area contributed by atoms with Crippen LogP contribution in [0.5, 0.6) is 40.2 Å². The van der Waals surface area contributed by atoms with Gasteiger partial charge in [-0.1, -0.05) is 63.6 Å². The van der Waals surface area contributed by atoms with E-state index in [9.17, 15) is 5.11 Å². The largest absolute Gasteiger partial charge is 0.504 e. The van der Waals surface area contributed by atoms with E-state index >= 15 is 0 Å². The van der Waals surface area contributed by atoms with Crippen LogP contribution in [0.15, 0.2) is 90.2 Å². The fourth-order valence-corrected chi connectivity index (χ4v) is 9.24. The van der Waals surface area contributed by atoms with Crippen molar-refractivity contribution in [1.29, 1.82) is 0 Å². The number of hydrogen-bond donors (Lipinski definition) is 1. The van der Waals surface area contributed by atoms with E-state index in [-0.39, 0.29) is 22.7 Å². The molecule has 0 amide bonds. The standard InChI is InChI=1S/C43H44O6/c1-42(2)20-5-21-43(3)25-32-35(24-37(42)43)47-41-39(32)48-38-29-14-10-26-11-16-30(17-12-26)45-36-23-28(13-18-33(36)44)9-8-27-6-4-7-31(22-27)46-34(19-15-29)40(38)49-41/h4,6-7,11-13,15-19,22-23,37,39,41,44H,5,8-10,14,20-21,24-25H2,1-3H3. The third-order valence-electron chi connectivity index (χ3n) is 11.9. The molecule has 2 aliphatic carbocycles. The second kappa shape index (κ2) is 11.5. The summed E-state index contributed by atoms with van der Waals surface area (Å²) in [6.45, 7) is 7.36. The van der Waals surface area contributed by atoms with E-state index in [4.69, 9.17) is 23.7 Å². The van der Waals surface area contributed by atoms with Crippen molar-refractivity contribution < 1.29 is 28.8 Å². The summed E-state index contributed by atoms with van der Waals surface area (Å²) in [5.74, 6) is 5.67. The molecule has 0 radical (unpaired) electrons. The lowest BCUT2D eigenvalue weighted by molar-refractivity contribution is -0.0984. The second-order valence-electron chi connectivity index (χ2n) is 15.7. The Morgan fingerprint density at radius 1 is 0.673 bits per heavy atom. The molecule has 6 aliphatic heterocycles. The Hall–Kier alpha value is -4.58. The molecule has 252 valence electrons. The average molecular weight is 657 g/mol. The molecule has 6 heterocycles. The van der Waals surface area contributed by atoms with Crippen molar-refractivity contribution in [3.8, 4) is 40.2 Å². The number of hydrogen-bond acceptors (Lipinski definition) is 6. The Morgan fingerprint density at radius 2 is 1.45 bits per heavy atom. The van der Waals surface area contributed by atoms with Crippen LogP contribution in [-0.4, -0.2) is 17.5 Å². The first-order valence-corrected chi connectivity index (χ1v) is 17.9. The number of allylic oxidation sites excluding steroid dienone is 1. The van der Waals surface area contributed by atoms with Gasteiger partial charge in [-0.15, -0.1) is 0 Å². The minimum atomic E-state index is -0.526. The van der Waals surface area contributed by atoms with E-state index < -0.39 is 6.29 Å². The molecule has 12 rings (SSSR count). The maximum atomic E-state index is 10.5. The summed E-state index contributed by atoms with van der Waals surface area (Å²) < 4.78 is 33.2. The van der Waals surface area contributed by atoms with E-state index in [1.807, 2.05) is 42.5 Å². The van der Waals surface area contributed by atoms with Crippen molar-refractivity contribution in [2.24, 2.45) is 16.7 Å². The molecule has 8 aliphatic rings. The fraction of sp³-hybridized carbons (Fsp3) is 0.395. The van der Waals surface area contributed by atoms with E-state index in [0.29, 0.717) is 28.9 Å². The number of ether oxygens (including phenoxy) is 5. The van der Waals surface area contributed by atoms with Crippen LogP contribution in [-0.2, 0) is 30.4 Å². The Labute approximate surface area is 288 Å². The molecule has 0 spiro atoms. The van der Waals surface area contributed by atoms with Gasteiger partial charge in [0.15, 0.2) is 29.1 Å². The van der Waals surface area contributed by atoms with Gasteiger partial charge in [0, 0.05) is 12.0 Å². The maximum absolute atomic E-state index is 10.5. The van der Waals surface area contributed by atoms with Crippen LogP contribution in [0, 0.1) is 16.7 Å². The topological polar surface area (TPSA) is 66.4 Å². The zero-order valence-corrected chi connectivity index (χ0v) is 28.6. The van der Waals surface area contributed by atoms with Gasteiger partial charge in [0.1, 0.15) is 17.3 Å². The van der Waals surface area contributed by atoms with Crippen LogP contribution < -0.4 is 18.9 Å². The lowest BCUT2D eigenvalue weighted by Gasteiger charge is -2.53. The van der Waals surface area contributed by atoms with Gasteiger partial charge in [0.05, 0.1) is 0 Å². The van der Waals surface area contributed by atoms with Crippen LogP contribution in [0.3, 0.4) is 0 Å². The van der Waals surface area contributed by atoms with Crippen LogP contribution in [0.2, 0.25) is 0 Å². The van der Waals surface area contributed by atoms with E-state index in [2.05, 4.69) is 51.1 Å². The highest BCUT2D eigenvalue weighted by molar-refractivity contribution is 5.59. The number of aromatic hydroxyl groups is 1. The highest BCUT2D eigenvalue weighted by atomic mass is 16.7. The van der Waals surface area contributed by atoms with Gasteiger partial charge >= 0.3 is 0 Å². The van der Waals surface area contributed by atoms with Gasteiger partial charge in [0.2, 0.25) is 5.75 Å². The number of aryl methyl sites for hydroxylation is 4. The Morgan fingerprint density at radius 3 is 2.31 bits per heavy atom. The maximum Gasteiger partial charge on any atom is 0.281 e. The summed E-state index contributed by atoms with van der Waals surface area (Å²) in [6, 6.07) is 26.0. The SMILES string of the molecule is CC1(C)CCCC2(C)CC3=C(CC12)OC1Oc2c4ccc(c2OC31)CCc1ccc(cc1)Oc1cc(ccc1O)CCc1cccc(c1)O4. The Bertz CT molecular complexity index is 1960. The van der Waals surface area contributed by atoms with Crippen molar-refractivity contribution in [2.45, 2.75) is 91.0 Å². The van der Waals surface area contributed by atoms with E-state index in [0.717, 1.165) is 72.5 Å². The molecule has 8 bridgehead atoms. The predicted molar refractivity (Wildman–Crippen MR) is 188 cm³/mol. The van der Waals surface area contributed by atoms with Gasteiger partial charge in [-0.2, -0.15) is 0 Å². The van der Waals surface area contributed by atoms with Crippen molar-refractivity contribution >= 4 is 0 Å². The molecule has 1 N–H and O–H groups in total. The monoisotopic (exact) mass is 656 g/mol. The van der Waals surface area contributed by atoms with Gasteiger partial charge in [-0.05, 0) is 126 Å². The first-order valence-electron chi connectivity index (χ1n) is 17.9. The molecule has 0 aromatic heterocycles. The second-order valence-corrected chi connectivity index (χ2v) is 15.7. The van der Waals surface area contributed by atoms with Gasteiger partial charge in [0.25, 0.3) is 6.29 Å². The van der Waals surface area contributed by atoms with Crippen LogP contribution in [0.4, 0.5) is 0 Å². The number of benzene rings is 4. The average Bonchev–Trinajstić information content (AvgIpc) is 3.43.